The summed E-state index contributed by atoms with van der Waals surface area (Å²) in [4.78, 5) is 24.4. The van der Waals surface area contributed by atoms with Crippen LogP contribution in [0.4, 0.5) is 0 Å². The van der Waals surface area contributed by atoms with E-state index in [1.165, 1.54) is 7.11 Å². The Labute approximate surface area is 114 Å². The van der Waals surface area contributed by atoms with Crippen LogP contribution in [0, 0.1) is 5.92 Å². The van der Waals surface area contributed by atoms with Gasteiger partial charge in [-0.2, -0.15) is 0 Å². The van der Waals surface area contributed by atoms with Crippen LogP contribution >= 0.6 is 0 Å². The molecule has 1 N–H and O–H groups in total. The number of nitrogens with one attached hydrogen (secondary N) is 1. The van der Waals surface area contributed by atoms with Crippen LogP contribution in [0.25, 0.3) is 0 Å². The summed E-state index contributed by atoms with van der Waals surface area (Å²) in [5, 5.41) is 3.01. The van der Waals surface area contributed by atoms with Gasteiger partial charge in [0.2, 0.25) is 5.91 Å². The maximum absolute atomic E-state index is 12.3. The van der Waals surface area contributed by atoms with Crippen molar-refractivity contribution >= 4 is 11.9 Å². The minimum atomic E-state index is -0.773. The Bertz CT molecular complexity index is 370. The molecule has 1 fully saturated rings. The number of esters is 1. The van der Waals surface area contributed by atoms with E-state index in [1.807, 2.05) is 0 Å². The van der Waals surface area contributed by atoms with Crippen molar-refractivity contribution < 1.29 is 14.3 Å². The molecule has 0 bridgehead atoms. The summed E-state index contributed by atoms with van der Waals surface area (Å²) in [6, 6.07) is 0. The molecule has 1 saturated carbocycles. The number of amides is 1. The molecule has 0 saturated heterocycles. The second-order valence-electron chi connectivity index (χ2n) is 5.60. The molecule has 0 aliphatic heterocycles. The van der Waals surface area contributed by atoms with Gasteiger partial charge in [0, 0.05) is 5.92 Å². The van der Waals surface area contributed by atoms with E-state index >= 15 is 0 Å². The SMILES string of the molecule is COC(=O)C1(NC(=O)[C@@H]2CC=CCC2)CCCCC1. The first kappa shape index (κ1) is 14.1. The molecule has 0 aromatic carbocycles. The summed E-state index contributed by atoms with van der Waals surface area (Å²) in [6.45, 7) is 0. The standard InChI is InChI=1S/C15H23NO3/c1-19-14(18)15(10-6-3-7-11-15)16-13(17)12-8-4-2-5-9-12/h2,4,12H,3,5-11H2,1H3,(H,16,17)/t12-/m1/s1. The lowest BCUT2D eigenvalue weighted by Gasteiger charge is -2.36. The summed E-state index contributed by atoms with van der Waals surface area (Å²) < 4.78 is 4.91. The van der Waals surface area contributed by atoms with Crippen LogP contribution in [-0.4, -0.2) is 24.5 Å². The van der Waals surface area contributed by atoms with E-state index in [1.54, 1.807) is 0 Å². The first-order valence-electron chi connectivity index (χ1n) is 7.23. The largest absolute Gasteiger partial charge is 0.467 e. The molecule has 0 aromatic heterocycles. The fraction of sp³-hybridized carbons (Fsp3) is 0.733. The van der Waals surface area contributed by atoms with Crippen LogP contribution in [0.2, 0.25) is 0 Å². The Balaban J connectivity index is 2.05. The molecule has 1 amide bonds. The summed E-state index contributed by atoms with van der Waals surface area (Å²) >= 11 is 0. The molecule has 106 valence electrons. The van der Waals surface area contributed by atoms with Crippen LogP contribution in [0.15, 0.2) is 12.2 Å². The summed E-state index contributed by atoms with van der Waals surface area (Å²) in [6.07, 6.45) is 11.2. The molecule has 0 radical (unpaired) electrons. The molecule has 0 aromatic rings. The average Bonchev–Trinajstić information content (AvgIpc) is 2.48. The number of carbonyl (C=O) groups is 2. The molecule has 19 heavy (non-hydrogen) atoms. The van der Waals surface area contributed by atoms with Crippen molar-refractivity contribution in [3.8, 4) is 0 Å². The highest BCUT2D eigenvalue weighted by molar-refractivity contribution is 5.89. The molecule has 2 aliphatic carbocycles. The van der Waals surface area contributed by atoms with E-state index < -0.39 is 5.54 Å². The molecule has 1 atom stereocenters. The van der Waals surface area contributed by atoms with Crippen molar-refractivity contribution in [1.82, 2.24) is 5.32 Å². The van der Waals surface area contributed by atoms with Crippen molar-refractivity contribution in [2.24, 2.45) is 5.92 Å². The Morgan fingerprint density at radius 1 is 1.21 bits per heavy atom. The number of methoxy groups -OCH3 is 1. The number of ether oxygens (including phenoxy) is 1. The van der Waals surface area contributed by atoms with Gasteiger partial charge >= 0.3 is 5.97 Å². The summed E-state index contributed by atoms with van der Waals surface area (Å²) in [5.74, 6) is -0.267. The Morgan fingerprint density at radius 3 is 2.53 bits per heavy atom. The van der Waals surface area contributed by atoms with Gasteiger partial charge in [-0.25, -0.2) is 4.79 Å². The molecule has 2 rings (SSSR count). The van der Waals surface area contributed by atoms with Gasteiger partial charge in [0.1, 0.15) is 5.54 Å². The highest BCUT2D eigenvalue weighted by Crippen LogP contribution is 2.30. The predicted molar refractivity (Wildman–Crippen MR) is 72.5 cm³/mol. The quantitative estimate of drug-likeness (QED) is 0.629. The van der Waals surface area contributed by atoms with Gasteiger partial charge in [-0.3, -0.25) is 4.79 Å². The van der Waals surface area contributed by atoms with E-state index in [2.05, 4.69) is 17.5 Å². The van der Waals surface area contributed by atoms with Crippen molar-refractivity contribution in [2.75, 3.05) is 7.11 Å². The number of rotatable bonds is 3. The fourth-order valence-corrected chi connectivity index (χ4v) is 3.10. The second-order valence-corrected chi connectivity index (χ2v) is 5.60. The average molecular weight is 265 g/mol. The number of hydrogen-bond donors (Lipinski definition) is 1. The Hall–Kier alpha value is -1.32. The third kappa shape index (κ3) is 3.17. The zero-order valence-electron chi connectivity index (χ0n) is 11.6. The number of carbonyl (C=O) groups excluding carboxylic acids is 2. The Kier molecular flexibility index (Phi) is 4.61. The van der Waals surface area contributed by atoms with Gasteiger partial charge in [0.05, 0.1) is 7.11 Å². The topological polar surface area (TPSA) is 55.4 Å². The van der Waals surface area contributed by atoms with Crippen LogP contribution in [0.5, 0.6) is 0 Å². The molecular weight excluding hydrogens is 242 g/mol. The monoisotopic (exact) mass is 265 g/mol. The van der Waals surface area contributed by atoms with Crippen LogP contribution in [-0.2, 0) is 14.3 Å². The van der Waals surface area contributed by atoms with Gasteiger partial charge < -0.3 is 10.1 Å². The summed E-state index contributed by atoms with van der Waals surface area (Å²) in [5.41, 5.74) is -0.773. The van der Waals surface area contributed by atoms with Crippen LogP contribution < -0.4 is 5.32 Å². The van der Waals surface area contributed by atoms with Crippen molar-refractivity contribution in [2.45, 2.75) is 56.9 Å². The summed E-state index contributed by atoms with van der Waals surface area (Å²) in [7, 11) is 1.40. The second kappa shape index (κ2) is 6.22. The van der Waals surface area contributed by atoms with Gasteiger partial charge in [0.25, 0.3) is 0 Å². The molecule has 0 spiro atoms. The maximum atomic E-state index is 12.3. The first-order chi connectivity index (χ1) is 9.18. The van der Waals surface area contributed by atoms with Crippen LogP contribution in [0.1, 0.15) is 51.4 Å². The van der Waals surface area contributed by atoms with Gasteiger partial charge in [-0.15, -0.1) is 0 Å². The minimum Gasteiger partial charge on any atom is -0.467 e. The lowest BCUT2D eigenvalue weighted by atomic mass is 9.80. The molecular formula is C15H23NO3. The van der Waals surface area contributed by atoms with Crippen molar-refractivity contribution in [1.29, 1.82) is 0 Å². The molecule has 4 heteroatoms. The molecule has 0 heterocycles. The lowest BCUT2D eigenvalue weighted by molar-refractivity contribution is -0.153. The van der Waals surface area contributed by atoms with E-state index in [4.69, 9.17) is 4.74 Å². The van der Waals surface area contributed by atoms with Crippen molar-refractivity contribution in [3.05, 3.63) is 12.2 Å². The van der Waals surface area contributed by atoms with Crippen molar-refractivity contribution in [3.63, 3.8) is 0 Å². The van der Waals surface area contributed by atoms with E-state index in [-0.39, 0.29) is 17.8 Å². The minimum absolute atomic E-state index is 0.00783. The number of hydrogen-bond acceptors (Lipinski definition) is 3. The highest BCUT2D eigenvalue weighted by atomic mass is 16.5. The normalized spacial score (nSPS) is 25.6. The van der Waals surface area contributed by atoms with E-state index in [0.717, 1.165) is 38.5 Å². The zero-order valence-corrected chi connectivity index (χ0v) is 11.6. The maximum Gasteiger partial charge on any atom is 0.331 e. The lowest BCUT2D eigenvalue weighted by Crippen LogP contribution is -2.57. The molecule has 4 nitrogen and oxygen atoms in total. The predicted octanol–water partition coefficient (Wildman–Crippen LogP) is 2.33. The van der Waals surface area contributed by atoms with E-state index in [9.17, 15) is 9.59 Å². The number of allylic oxidation sites excluding steroid dienone is 2. The van der Waals surface area contributed by atoms with Gasteiger partial charge in [-0.1, -0.05) is 31.4 Å². The van der Waals surface area contributed by atoms with Gasteiger partial charge in [-0.05, 0) is 32.1 Å². The third-order valence-electron chi connectivity index (χ3n) is 4.29. The van der Waals surface area contributed by atoms with Gasteiger partial charge in [0.15, 0.2) is 0 Å². The third-order valence-corrected chi connectivity index (χ3v) is 4.29. The Morgan fingerprint density at radius 2 is 1.95 bits per heavy atom. The molecule has 0 unspecified atom stereocenters. The first-order valence-corrected chi connectivity index (χ1v) is 7.23. The van der Waals surface area contributed by atoms with E-state index in [0.29, 0.717) is 12.8 Å². The smallest absolute Gasteiger partial charge is 0.331 e. The zero-order chi connectivity index (χ0) is 13.7. The highest BCUT2D eigenvalue weighted by Gasteiger charge is 2.42. The fourth-order valence-electron chi connectivity index (χ4n) is 3.10. The molecule has 2 aliphatic rings. The van der Waals surface area contributed by atoms with Crippen LogP contribution in [0.3, 0.4) is 0 Å².